The minimum atomic E-state index is -1.10. The topological polar surface area (TPSA) is 69.9 Å². The normalized spacial score (nSPS) is 14.0. The Morgan fingerprint density at radius 2 is 2.00 bits per heavy atom. The molecule has 0 saturated heterocycles. The molecule has 1 aromatic heterocycles. The Balaban J connectivity index is 2.70. The Hall–Kier alpha value is -0.733. The highest BCUT2D eigenvalue weighted by Crippen LogP contribution is 2.32. The zero-order valence-electron chi connectivity index (χ0n) is 16.1. The van der Waals surface area contributed by atoms with Gasteiger partial charge in [-0.2, -0.15) is 0 Å². The fourth-order valence-electron chi connectivity index (χ4n) is 2.17. The summed E-state index contributed by atoms with van der Waals surface area (Å²) in [5.41, 5.74) is -0.130. The molecule has 0 amide bonds. The van der Waals surface area contributed by atoms with Crippen LogP contribution >= 0.6 is 11.8 Å². The molecule has 0 bridgehead atoms. The van der Waals surface area contributed by atoms with Crippen LogP contribution in [-0.2, 0) is 22.7 Å². The molecule has 6 nitrogen and oxygen atoms in total. The van der Waals surface area contributed by atoms with Crippen molar-refractivity contribution in [3.63, 3.8) is 0 Å². The molecule has 0 saturated carbocycles. The predicted octanol–water partition coefficient (Wildman–Crippen LogP) is 3.47. The third-order valence-corrected chi connectivity index (χ3v) is 6.38. The molecule has 0 unspecified atom stereocenters. The average molecular weight is 373 g/mol. The van der Waals surface area contributed by atoms with Crippen LogP contribution in [0.4, 0.5) is 0 Å². The molecule has 138 valence electrons. The lowest BCUT2D eigenvalue weighted by atomic mass is 9.79. The van der Waals surface area contributed by atoms with Gasteiger partial charge in [0.15, 0.2) is 10.9 Å². The molecule has 0 aliphatic rings. The van der Waals surface area contributed by atoms with Gasteiger partial charge in [0.05, 0.1) is 0 Å². The van der Waals surface area contributed by atoms with Gasteiger partial charge in [0, 0.05) is 27.0 Å². The Kier molecular flexibility index (Phi) is 8.08. The number of hydrogen-bond acceptors (Lipinski definition) is 6. The molecule has 8 heteroatoms. The molecular formula is C16H32N4O2SSi. The van der Waals surface area contributed by atoms with Gasteiger partial charge in [-0.1, -0.05) is 59.1 Å². The van der Waals surface area contributed by atoms with E-state index in [9.17, 15) is 4.79 Å². The number of thioether (sulfide) groups is 1. The minimum Gasteiger partial charge on any atom is -0.359 e. The highest BCUT2D eigenvalue weighted by Gasteiger charge is 2.33. The second kappa shape index (κ2) is 9.10. The zero-order valence-corrected chi connectivity index (χ0v) is 17.9. The summed E-state index contributed by atoms with van der Waals surface area (Å²) < 4.78 is 7.41. The van der Waals surface area contributed by atoms with E-state index in [1.165, 1.54) is 11.8 Å². The lowest BCUT2D eigenvalue weighted by Crippen LogP contribution is -2.30. The maximum atomic E-state index is 12.5. The van der Waals surface area contributed by atoms with Crippen molar-refractivity contribution in [2.24, 2.45) is 11.3 Å². The van der Waals surface area contributed by atoms with Crippen LogP contribution in [0.5, 0.6) is 0 Å². The number of tetrazole rings is 1. The fourth-order valence-corrected chi connectivity index (χ4v) is 3.85. The van der Waals surface area contributed by atoms with Crippen molar-refractivity contribution in [3.05, 3.63) is 5.82 Å². The quantitative estimate of drug-likeness (QED) is 0.488. The van der Waals surface area contributed by atoms with E-state index in [1.807, 2.05) is 6.92 Å². The SMILES string of the molecule is CCSC(=O)[C@H](Cc1nnnn1COCC[Si](C)(C)C)C(C)(C)C. The number of ether oxygens (including phenoxy) is 1. The van der Waals surface area contributed by atoms with Crippen LogP contribution in [-0.4, -0.2) is 45.8 Å². The first-order chi connectivity index (χ1) is 11.0. The maximum absolute atomic E-state index is 12.5. The van der Waals surface area contributed by atoms with Gasteiger partial charge in [-0.3, -0.25) is 4.79 Å². The Bertz CT molecular complexity index is 523. The first kappa shape index (κ1) is 21.3. The van der Waals surface area contributed by atoms with Crippen molar-refractivity contribution in [1.29, 1.82) is 0 Å². The molecular weight excluding hydrogens is 340 g/mol. The summed E-state index contributed by atoms with van der Waals surface area (Å²) in [6.45, 7) is 16.3. The molecule has 0 radical (unpaired) electrons. The Morgan fingerprint density at radius 3 is 2.54 bits per heavy atom. The summed E-state index contributed by atoms with van der Waals surface area (Å²) >= 11 is 1.37. The van der Waals surface area contributed by atoms with E-state index in [4.69, 9.17) is 4.74 Å². The van der Waals surface area contributed by atoms with E-state index in [-0.39, 0.29) is 16.4 Å². The van der Waals surface area contributed by atoms with Crippen LogP contribution in [0.15, 0.2) is 0 Å². The van der Waals surface area contributed by atoms with Gasteiger partial charge in [-0.15, -0.1) is 5.10 Å². The zero-order chi connectivity index (χ0) is 18.4. The third kappa shape index (κ3) is 7.44. The summed E-state index contributed by atoms with van der Waals surface area (Å²) in [5.74, 6) is 1.39. The van der Waals surface area contributed by atoms with Gasteiger partial charge in [0.25, 0.3) is 0 Å². The molecule has 1 atom stereocenters. The molecule has 1 rings (SSSR count). The van der Waals surface area contributed by atoms with E-state index >= 15 is 0 Å². The Labute approximate surface area is 151 Å². The Morgan fingerprint density at radius 1 is 1.33 bits per heavy atom. The van der Waals surface area contributed by atoms with Crippen LogP contribution in [0, 0.1) is 11.3 Å². The lowest BCUT2D eigenvalue weighted by Gasteiger charge is -2.28. The highest BCUT2D eigenvalue weighted by atomic mass is 32.2. The van der Waals surface area contributed by atoms with Gasteiger partial charge in [-0.25, -0.2) is 4.68 Å². The molecule has 0 aliphatic heterocycles. The molecule has 0 N–H and O–H groups in total. The first-order valence-electron chi connectivity index (χ1n) is 8.54. The van der Waals surface area contributed by atoms with Gasteiger partial charge >= 0.3 is 0 Å². The van der Waals surface area contributed by atoms with E-state index < -0.39 is 8.07 Å². The molecule has 24 heavy (non-hydrogen) atoms. The van der Waals surface area contributed by atoms with Crippen molar-refractivity contribution in [1.82, 2.24) is 20.2 Å². The van der Waals surface area contributed by atoms with Gasteiger partial charge in [0.2, 0.25) is 0 Å². The summed E-state index contributed by atoms with van der Waals surface area (Å²) in [6.07, 6.45) is 0.541. The maximum Gasteiger partial charge on any atom is 0.192 e. The largest absolute Gasteiger partial charge is 0.359 e. The standard InChI is InChI=1S/C16H32N4O2SSi/c1-8-23-15(21)13(16(2,3)4)11-14-17-18-19-20(14)12-22-9-10-24(5,6)7/h13H,8-12H2,1-7H3/t13-/m0/s1. The van der Waals surface area contributed by atoms with Crippen LogP contribution in [0.2, 0.25) is 25.7 Å². The molecule has 0 aliphatic carbocycles. The van der Waals surface area contributed by atoms with Crippen molar-refractivity contribution in [3.8, 4) is 0 Å². The van der Waals surface area contributed by atoms with Crippen molar-refractivity contribution < 1.29 is 9.53 Å². The van der Waals surface area contributed by atoms with E-state index in [1.54, 1.807) is 4.68 Å². The van der Waals surface area contributed by atoms with Gasteiger partial charge in [-0.05, 0) is 27.6 Å². The van der Waals surface area contributed by atoms with Gasteiger partial charge < -0.3 is 4.74 Å². The van der Waals surface area contributed by atoms with Gasteiger partial charge in [0.1, 0.15) is 6.73 Å². The van der Waals surface area contributed by atoms with Crippen LogP contribution in [0.25, 0.3) is 0 Å². The molecule has 1 aromatic rings. The van der Waals surface area contributed by atoms with Crippen LogP contribution in [0.1, 0.15) is 33.5 Å². The number of hydrogen-bond donors (Lipinski definition) is 0. The lowest BCUT2D eigenvalue weighted by molar-refractivity contribution is -0.117. The smallest absolute Gasteiger partial charge is 0.192 e. The predicted molar refractivity (Wildman–Crippen MR) is 102 cm³/mol. The van der Waals surface area contributed by atoms with Crippen molar-refractivity contribution >= 4 is 25.0 Å². The average Bonchev–Trinajstić information content (AvgIpc) is 2.86. The number of rotatable bonds is 9. The fraction of sp³-hybridized carbons (Fsp3) is 0.875. The minimum absolute atomic E-state index is 0.116. The number of aromatic nitrogens is 4. The van der Waals surface area contributed by atoms with E-state index in [2.05, 4.69) is 55.9 Å². The molecule has 1 heterocycles. The number of carbonyl (C=O) groups is 1. The van der Waals surface area contributed by atoms with E-state index in [0.717, 1.165) is 18.4 Å². The third-order valence-electron chi connectivity index (χ3n) is 3.82. The van der Waals surface area contributed by atoms with Crippen LogP contribution in [0.3, 0.4) is 0 Å². The molecule has 0 aromatic carbocycles. The molecule has 0 spiro atoms. The number of nitrogens with zero attached hydrogens (tertiary/aromatic N) is 4. The molecule has 0 fully saturated rings. The summed E-state index contributed by atoms with van der Waals surface area (Å²) in [4.78, 5) is 12.5. The first-order valence-corrected chi connectivity index (χ1v) is 13.2. The summed E-state index contributed by atoms with van der Waals surface area (Å²) in [7, 11) is -1.10. The second-order valence-corrected chi connectivity index (χ2v) is 15.2. The second-order valence-electron chi connectivity index (χ2n) is 8.32. The monoisotopic (exact) mass is 372 g/mol. The van der Waals surface area contributed by atoms with Crippen molar-refractivity contribution in [2.45, 2.75) is 66.5 Å². The van der Waals surface area contributed by atoms with Crippen LogP contribution < -0.4 is 0 Å². The number of carbonyl (C=O) groups excluding carboxylic acids is 1. The van der Waals surface area contributed by atoms with E-state index in [0.29, 0.717) is 19.0 Å². The summed E-state index contributed by atoms with van der Waals surface area (Å²) in [5, 5.41) is 12.1. The summed E-state index contributed by atoms with van der Waals surface area (Å²) in [6, 6.07) is 1.11. The van der Waals surface area contributed by atoms with Crippen molar-refractivity contribution in [2.75, 3.05) is 12.4 Å². The highest BCUT2D eigenvalue weighted by molar-refractivity contribution is 8.13.